The third kappa shape index (κ3) is 5.16. The van der Waals surface area contributed by atoms with E-state index in [9.17, 15) is 9.18 Å². The van der Waals surface area contributed by atoms with E-state index in [1.165, 1.54) is 0 Å². The first-order valence-corrected chi connectivity index (χ1v) is 8.54. The van der Waals surface area contributed by atoms with E-state index in [1.807, 2.05) is 32.9 Å². The largest absolute Gasteiger partial charge is 0.443 e. The molecule has 0 saturated carbocycles. The van der Waals surface area contributed by atoms with E-state index in [-0.39, 0.29) is 13.0 Å². The van der Waals surface area contributed by atoms with E-state index in [4.69, 9.17) is 9.84 Å². The summed E-state index contributed by atoms with van der Waals surface area (Å²) < 4.78 is 19.0. The van der Waals surface area contributed by atoms with Crippen LogP contribution in [0.2, 0.25) is 0 Å². The lowest BCUT2D eigenvalue weighted by Gasteiger charge is -2.31. The van der Waals surface area contributed by atoms with Gasteiger partial charge in [-0.3, -0.25) is 4.90 Å². The molecule has 2 rings (SSSR count). The second kappa shape index (κ2) is 7.92. The fourth-order valence-electron chi connectivity index (χ4n) is 2.70. The number of carbonyl (C=O) groups is 1. The quantitative estimate of drug-likeness (QED) is 0.893. The number of aliphatic hydroxyl groups is 1. The molecule has 0 fully saturated rings. The SMILES string of the molecule is CC(C)(C)OC(=O)N1CCCc2ccc(CCC(F)CCO)nc21. The Bertz CT molecular complexity index is 572. The Morgan fingerprint density at radius 1 is 1.42 bits per heavy atom. The molecule has 0 saturated heterocycles. The molecule has 1 amide bonds. The number of nitrogens with zero attached hydrogens (tertiary/aromatic N) is 2. The molecule has 1 aromatic rings. The summed E-state index contributed by atoms with van der Waals surface area (Å²) >= 11 is 0. The molecule has 0 bridgehead atoms. The minimum atomic E-state index is -1.03. The number of aliphatic hydroxyl groups excluding tert-OH is 1. The number of pyridine rings is 1. The number of hydrogen-bond donors (Lipinski definition) is 1. The maximum atomic E-state index is 13.5. The van der Waals surface area contributed by atoms with Crippen LogP contribution in [0.4, 0.5) is 15.0 Å². The third-order valence-electron chi connectivity index (χ3n) is 3.87. The first kappa shape index (κ1) is 18.6. The molecule has 0 radical (unpaired) electrons. The Hall–Kier alpha value is -1.69. The van der Waals surface area contributed by atoms with Gasteiger partial charge in [-0.15, -0.1) is 0 Å². The number of rotatable bonds is 5. The summed E-state index contributed by atoms with van der Waals surface area (Å²) in [6, 6.07) is 3.86. The predicted octanol–water partition coefficient (Wildman–Crippen LogP) is 3.42. The minimum Gasteiger partial charge on any atom is -0.443 e. The highest BCUT2D eigenvalue weighted by Gasteiger charge is 2.28. The molecule has 134 valence electrons. The summed E-state index contributed by atoms with van der Waals surface area (Å²) in [5.41, 5.74) is 1.21. The van der Waals surface area contributed by atoms with E-state index in [1.54, 1.807) is 4.90 Å². The van der Waals surface area contributed by atoms with Crippen molar-refractivity contribution in [3.05, 3.63) is 23.4 Å². The third-order valence-corrected chi connectivity index (χ3v) is 3.87. The Morgan fingerprint density at radius 3 is 2.83 bits per heavy atom. The highest BCUT2D eigenvalue weighted by Crippen LogP contribution is 2.27. The smallest absolute Gasteiger partial charge is 0.416 e. The molecule has 2 heterocycles. The van der Waals surface area contributed by atoms with Crippen LogP contribution in [-0.2, 0) is 17.6 Å². The summed E-state index contributed by atoms with van der Waals surface area (Å²) in [5.74, 6) is 0.630. The molecule has 1 aliphatic heterocycles. The van der Waals surface area contributed by atoms with Gasteiger partial charge in [-0.25, -0.2) is 14.2 Å². The van der Waals surface area contributed by atoms with E-state index >= 15 is 0 Å². The van der Waals surface area contributed by atoms with Crippen molar-refractivity contribution in [2.24, 2.45) is 0 Å². The van der Waals surface area contributed by atoms with Gasteiger partial charge in [-0.1, -0.05) is 6.07 Å². The van der Waals surface area contributed by atoms with Crippen molar-refractivity contribution in [3.8, 4) is 0 Å². The molecule has 1 aliphatic rings. The number of ether oxygens (including phenoxy) is 1. The summed E-state index contributed by atoms with van der Waals surface area (Å²) in [6.45, 7) is 5.94. The van der Waals surface area contributed by atoms with Crippen LogP contribution in [0.15, 0.2) is 12.1 Å². The summed E-state index contributed by atoms with van der Waals surface area (Å²) in [7, 11) is 0. The van der Waals surface area contributed by atoms with Gasteiger partial charge in [0, 0.05) is 25.3 Å². The lowest BCUT2D eigenvalue weighted by molar-refractivity contribution is 0.0576. The molecule has 0 aliphatic carbocycles. The fourth-order valence-corrected chi connectivity index (χ4v) is 2.70. The van der Waals surface area contributed by atoms with E-state index in [0.29, 0.717) is 25.2 Å². The van der Waals surface area contributed by atoms with Crippen LogP contribution in [0.5, 0.6) is 0 Å². The second-order valence-electron chi connectivity index (χ2n) is 7.17. The molecule has 1 aromatic heterocycles. The Labute approximate surface area is 142 Å². The Morgan fingerprint density at radius 2 is 2.17 bits per heavy atom. The molecule has 0 spiro atoms. The minimum absolute atomic E-state index is 0.148. The number of carbonyl (C=O) groups excluding carboxylic acids is 1. The van der Waals surface area contributed by atoms with Crippen molar-refractivity contribution in [1.82, 2.24) is 4.98 Å². The van der Waals surface area contributed by atoms with Crippen molar-refractivity contribution >= 4 is 11.9 Å². The predicted molar refractivity (Wildman–Crippen MR) is 91.1 cm³/mol. The van der Waals surface area contributed by atoms with Crippen molar-refractivity contribution in [2.75, 3.05) is 18.1 Å². The number of aryl methyl sites for hydroxylation is 2. The number of halogens is 1. The molecule has 1 atom stereocenters. The average molecular weight is 338 g/mol. The first-order valence-electron chi connectivity index (χ1n) is 8.54. The van der Waals surface area contributed by atoms with E-state index in [2.05, 4.69) is 4.98 Å². The maximum absolute atomic E-state index is 13.5. The Balaban J connectivity index is 2.12. The van der Waals surface area contributed by atoms with Crippen LogP contribution in [-0.4, -0.2) is 41.1 Å². The van der Waals surface area contributed by atoms with Gasteiger partial charge in [0.25, 0.3) is 0 Å². The van der Waals surface area contributed by atoms with Crippen molar-refractivity contribution in [3.63, 3.8) is 0 Å². The van der Waals surface area contributed by atoms with Crippen LogP contribution in [0.25, 0.3) is 0 Å². The van der Waals surface area contributed by atoms with Gasteiger partial charge in [0.15, 0.2) is 0 Å². The van der Waals surface area contributed by atoms with Crippen LogP contribution >= 0.6 is 0 Å². The zero-order chi connectivity index (χ0) is 17.7. The Kier molecular flexibility index (Phi) is 6.15. The topological polar surface area (TPSA) is 62.7 Å². The van der Waals surface area contributed by atoms with Gasteiger partial charge in [0.2, 0.25) is 0 Å². The molecular formula is C18H27FN2O3. The zero-order valence-corrected chi connectivity index (χ0v) is 14.7. The average Bonchev–Trinajstić information content (AvgIpc) is 2.50. The highest BCUT2D eigenvalue weighted by molar-refractivity contribution is 5.88. The van der Waals surface area contributed by atoms with Crippen LogP contribution in [0.3, 0.4) is 0 Å². The molecular weight excluding hydrogens is 311 g/mol. The molecule has 0 aromatic carbocycles. The fraction of sp³-hybridized carbons (Fsp3) is 0.667. The lowest BCUT2D eigenvalue weighted by Crippen LogP contribution is -2.40. The maximum Gasteiger partial charge on any atom is 0.416 e. The standard InChI is InChI=1S/C18H27FN2O3/c1-18(2,3)24-17(23)21-11-4-5-13-6-8-15(20-16(13)21)9-7-14(19)10-12-22/h6,8,14,22H,4-5,7,9-12H2,1-3H3. The molecule has 5 nitrogen and oxygen atoms in total. The first-order chi connectivity index (χ1) is 11.3. The number of hydrogen-bond acceptors (Lipinski definition) is 4. The molecule has 1 unspecified atom stereocenters. The molecule has 1 N–H and O–H groups in total. The number of anilines is 1. The highest BCUT2D eigenvalue weighted by atomic mass is 19.1. The van der Waals surface area contributed by atoms with Gasteiger partial charge < -0.3 is 9.84 Å². The lowest BCUT2D eigenvalue weighted by atomic mass is 10.0. The van der Waals surface area contributed by atoms with Gasteiger partial charge in [-0.05, 0) is 58.1 Å². The molecule has 6 heteroatoms. The van der Waals surface area contributed by atoms with Gasteiger partial charge in [0.05, 0.1) is 0 Å². The van der Waals surface area contributed by atoms with E-state index < -0.39 is 17.9 Å². The van der Waals surface area contributed by atoms with Crippen molar-refractivity contribution in [2.45, 2.75) is 64.6 Å². The van der Waals surface area contributed by atoms with Gasteiger partial charge in [-0.2, -0.15) is 0 Å². The summed E-state index contributed by atoms with van der Waals surface area (Å²) in [4.78, 5) is 18.6. The number of alkyl halides is 1. The van der Waals surface area contributed by atoms with Gasteiger partial charge >= 0.3 is 6.09 Å². The summed E-state index contributed by atoms with van der Waals surface area (Å²) in [5, 5.41) is 8.77. The van der Waals surface area contributed by atoms with Crippen LogP contribution < -0.4 is 4.90 Å². The molecule has 24 heavy (non-hydrogen) atoms. The normalized spacial score (nSPS) is 15.8. The van der Waals surface area contributed by atoms with Crippen molar-refractivity contribution < 1.29 is 19.0 Å². The van der Waals surface area contributed by atoms with E-state index in [0.717, 1.165) is 24.1 Å². The second-order valence-corrected chi connectivity index (χ2v) is 7.17. The van der Waals surface area contributed by atoms with Crippen LogP contribution in [0.1, 0.15) is 51.3 Å². The van der Waals surface area contributed by atoms with Crippen molar-refractivity contribution in [1.29, 1.82) is 0 Å². The van der Waals surface area contributed by atoms with Crippen LogP contribution in [0, 0.1) is 0 Å². The number of aromatic nitrogens is 1. The monoisotopic (exact) mass is 338 g/mol. The number of amides is 1. The zero-order valence-electron chi connectivity index (χ0n) is 14.7. The summed E-state index contributed by atoms with van der Waals surface area (Å²) in [6.07, 6.45) is 1.27. The number of fused-ring (bicyclic) bond motifs is 1. The van der Waals surface area contributed by atoms with Gasteiger partial charge in [0.1, 0.15) is 17.6 Å².